The first-order valence-corrected chi connectivity index (χ1v) is 7.21. The van der Waals surface area contributed by atoms with Crippen molar-refractivity contribution in [2.24, 2.45) is 5.41 Å². The van der Waals surface area contributed by atoms with Crippen LogP contribution < -0.4 is 4.72 Å². The Kier molecular flexibility index (Phi) is 6.20. The molecule has 0 aromatic heterocycles. The lowest BCUT2D eigenvalue weighted by atomic mass is 9.88. The molecule has 0 heterocycles. The smallest absolute Gasteiger partial charge is 0.210 e. The van der Waals surface area contributed by atoms with Crippen molar-refractivity contribution in [3.8, 4) is 0 Å². The van der Waals surface area contributed by atoms with Crippen molar-refractivity contribution in [1.82, 2.24) is 4.72 Å². The summed E-state index contributed by atoms with van der Waals surface area (Å²) < 4.78 is 47.4. The Balaban J connectivity index is 4.14. The third-order valence-electron chi connectivity index (χ3n) is 1.97. The van der Waals surface area contributed by atoms with Crippen molar-refractivity contribution in [1.29, 1.82) is 0 Å². The van der Waals surface area contributed by atoms with E-state index in [0.717, 1.165) is 18.2 Å². The van der Waals surface area contributed by atoms with Gasteiger partial charge in [-0.1, -0.05) is 29.8 Å². The molecule has 0 aromatic rings. The summed E-state index contributed by atoms with van der Waals surface area (Å²) in [7, 11) is -4.45. The fourth-order valence-electron chi connectivity index (χ4n) is 0.993. The highest BCUT2D eigenvalue weighted by Crippen LogP contribution is 2.22. The van der Waals surface area contributed by atoms with E-state index in [1.807, 2.05) is 18.6 Å². The fourth-order valence-corrected chi connectivity index (χ4v) is 1.99. The monoisotopic (exact) mass is 307 g/mol. The summed E-state index contributed by atoms with van der Waals surface area (Å²) in [6, 6.07) is 0. The van der Waals surface area contributed by atoms with E-state index in [-0.39, 0.29) is 12.0 Å². The summed E-state index contributed by atoms with van der Waals surface area (Å²) in [6.45, 7) is 3.71. The summed E-state index contributed by atoms with van der Waals surface area (Å²) in [5.74, 6) is -3.36. The lowest BCUT2D eigenvalue weighted by Crippen LogP contribution is -2.37. The quantitative estimate of drug-likeness (QED) is 0.734. The van der Waals surface area contributed by atoms with Crippen molar-refractivity contribution >= 4 is 26.0 Å². The van der Waals surface area contributed by atoms with Crippen LogP contribution in [0.4, 0.5) is 8.78 Å². The number of sulfonamides is 1. The number of hydrogen-bond donors (Lipinski definition) is 1. The zero-order chi connectivity index (χ0) is 12.1. The first-order valence-electron chi connectivity index (χ1n) is 4.54. The van der Waals surface area contributed by atoms with E-state index < -0.39 is 15.8 Å². The van der Waals surface area contributed by atoms with Crippen molar-refractivity contribution in [2.45, 2.75) is 32.4 Å². The van der Waals surface area contributed by atoms with E-state index in [9.17, 15) is 17.2 Å². The van der Waals surface area contributed by atoms with Crippen LogP contribution in [0.3, 0.4) is 0 Å². The van der Waals surface area contributed by atoms with Crippen LogP contribution in [0, 0.1) is 5.41 Å². The molecule has 0 saturated heterocycles. The van der Waals surface area contributed by atoms with Gasteiger partial charge in [0.15, 0.2) is 0 Å². The van der Waals surface area contributed by atoms with Crippen LogP contribution in [0.1, 0.15) is 26.7 Å². The number of hydrogen-bond acceptors (Lipinski definition) is 2. The predicted octanol–water partition coefficient (Wildman–Crippen LogP) is 2.33. The highest BCUT2D eigenvalue weighted by atomic mass is 79.9. The molecule has 0 fully saturated rings. The molecular formula is C8H16BrF2NO2S. The van der Waals surface area contributed by atoms with Crippen molar-refractivity contribution in [2.75, 3.05) is 11.9 Å². The number of alkyl halides is 3. The highest BCUT2D eigenvalue weighted by Gasteiger charge is 2.27. The molecule has 0 spiro atoms. The Morgan fingerprint density at radius 1 is 1.40 bits per heavy atom. The third kappa shape index (κ3) is 6.42. The average molecular weight is 308 g/mol. The normalized spacial score (nSPS) is 13.5. The SMILES string of the molecule is CC(C)(CCCBr)CNS(=O)(=O)C(F)F. The summed E-state index contributed by atoms with van der Waals surface area (Å²) in [6.07, 6.45) is 1.65. The Bertz CT molecular complexity index is 280. The Labute approximate surface area is 97.8 Å². The van der Waals surface area contributed by atoms with E-state index in [1.165, 1.54) is 0 Å². The molecule has 0 rings (SSSR count). The highest BCUT2D eigenvalue weighted by molar-refractivity contribution is 9.09. The van der Waals surface area contributed by atoms with E-state index >= 15 is 0 Å². The number of halogens is 3. The van der Waals surface area contributed by atoms with Gasteiger partial charge in [-0.05, 0) is 18.3 Å². The molecule has 0 unspecified atom stereocenters. The van der Waals surface area contributed by atoms with Crippen LogP contribution in [-0.2, 0) is 10.0 Å². The van der Waals surface area contributed by atoms with Crippen molar-refractivity contribution < 1.29 is 17.2 Å². The third-order valence-corrected chi connectivity index (χ3v) is 3.55. The largest absolute Gasteiger partial charge is 0.350 e. The first kappa shape index (κ1) is 15.2. The molecule has 0 saturated carbocycles. The Morgan fingerprint density at radius 2 is 1.93 bits per heavy atom. The summed E-state index contributed by atoms with van der Waals surface area (Å²) >= 11 is 3.26. The molecule has 0 aromatic carbocycles. The molecule has 15 heavy (non-hydrogen) atoms. The van der Waals surface area contributed by atoms with Gasteiger partial charge in [0.05, 0.1) is 0 Å². The number of rotatable bonds is 7. The number of nitrogens with one attached hydrogen (secondary N) is 1. The predicted molar refractivity (Wildman–Crippen MR) is 59.7 cm³/mol. The van der Waals surface area contributed by atoms with Gasteiger partial charge in [-0.2, -0.15) is 8.78 Å². The lowest BCUT2D eigenvalue weighted by Gasteiger charge is -2.24. The van der Waals surface area contributed by atoms with Gasteiger partial charge in [0, 0.05) is 11.9 Å². The van der Waals surface area contributed by atoms with Gasteiger partial charge in [-0.15, -0.1) is 0 Å². The van der Waals surface area contributed by atoms with Gasteiger partial charge in [0.25, 0.3) is 10.0 Å². The van der Waals surface area contributed by atoms with Gasteiger partial charge in [-0.25, -0.2) is 13.1 Å². The van der Waals surface area contributed by atoms with Gasteiger partial charge >= 0.3 is 5.76 Å². The second kappa shape index (κ2) is 6.10. The second-order valence-electron chi connectivity index (χ2n) is 4.08. The van der Waals surface area contributed by atoms with Crippen molar-refractivity contribution in [3.05, 3.63) is 0 Å². The van der Waals surface area contributed by atoms with Gasteiger partial charge < -0.3 is 0 Å². The van der Waals surface area contributed by atoms with Crippen LogP contribution in [0.5, 0.6) is 0 Å². The zero-order valence-electron chi connectivity index (χ0n) is 8.76. The second-order valence-corrected chi connectivity index (χ2v) is 6.61. The fraction of sp³-hybridized carbons (Fsp3) is 1.00. The molecule has 0 aliphatic rings. The molecule has 0 atom stereocenters. The molecule has 0 radical (unpaired) electrons. The maximum absolute atomic E-state index is 12.0. The molecule has 1 N–H and O–H groups in total. The van der Waals surface area contributed by atoms with Crippen LogP contribution in [0.15, 0.2) is 0 Å². The van der Waals surface area contributed by atoms with E-state index in [0.29, 0.717) is 0 Å². The summed E-state index contributed by atoms with van der Waals surface area (Å²) in [4.78, 5) is 0. The minimum atomic E-state index is -4.45. The molecule has 7 heteroatoms. The van der Waals surface area contributed by atoms with Crippen LogP contribution in [-0.4, -0.2) is 26.1 Å². The van der Waals surface area contributed by atoms with E-state index in [1.54, 1.807) is 0 Å². The van der Waals surface area contributed by atoms with E-state index in [2.05, 4.69) is 15.9 Å². The lowest BCUT2D eigenvalue weighted by molar-refractivity contribution is 0.230. The Morgan fingerprint density at radius 3 is 2.33 bits per heavy atom. The van der Waals surface area contributed by atoms with Crippen molar-refractivity contribution in [3.63, 3.8) is 0 Å². The minimum Gasteiger partial charge on any atom is -0.210 e. The minimum absolute atomic E-state index is 0.0344. The van der Waals surface area contributed by atoms with Gasteiger partial charge in [-0.3, -0.25) is 0 Å². The first-order chi connectivity index (χ1) is 6.71. The zero-order valence-corrected chi connectivity index (χ0v) is 11.2. The summed E-state index contributed by atoms with van der Waals surface area (Å²) in [5, 5.41) is 0.817. The molecular weight excluding hydrogens is 292 g/mol. The summed E-state index contributed by atoms with van der Waals surface area (Å²) in [5.41, 5.74) is -0.310. The van der Waals surface area contributed by atoms with Gasteiger partial charge in [0.2, 0.25) is 0 Å². The van der Waals surface area contributed by atoms with Crippen LogP contribution in [0.2, 0.25) is 0 Å². The molecule has 92 valence electrons. The maximum Gasteiger partial charge on any atom is 0.350 e. The average Bonchev–Trinajstić information content (AvgIpc) is 2.12. The van der Waals surface area contributed by atoms with Crippen LogP contribution >= 0.6 is 15.9 Å². The molecule has 0 bridgehead atoms. The standard InChI is InChI=1S/C8H16BrF2NO2S/c1-8(2,4-3-5-9)6-12-15(13,14)7(10)11/h7,12H,3-6H2,1-2H3. The van der Waals surface area contributed by atoms with Gasteiger partial charge in [0.1, 0.15) is 0 Å². The maximum atomic E-state index is 12.0. The van der Waals surface area contributed by atoms with E-state index in [4.69, 9.17) is 0 Å². The topological polar surface area (TPSA) is 46.2 Å². The molecule has 0 amide bonds. The molecule has 0 aliphatic heterocycles. The van der Waals surface area contributed by atoms with Crippen LogP contribution in [0.25, 0.3) is 0 Å². The molecule has 3 nitrogen and oxygen atoms in total. The Hall–Kier alpha value is 0.250. The molecule has 0 aliphatic carbocycles.